The number of thioether (sulfide) groups is 1. The Balaban J connectivity index is 1.75. The summed E-state index contributed by atoms with van der Waals surface area (Å²) in [6.45, 7) is 5.23. The van der Waals surface area contributed by atoms with Crippen LogP contribution in [0.3, 0.4) is 0 Å². The Hall–Kier alpha value is -1.56. The van der Waals surface area contributed by atoms with Crippen molar-refractivity contribution in [2.45, 2.75) is 70.7 Å². The molecule has 24 heavy (non-hydrogen) atoms. The number of hydrogen-bond donors (Lipinski definition) is 0. The van der Waals surface area contributed by atoms with Gasteiger partial charge in [0.25, 0.3) is 0 Å². The summed E-state index contributed by atoms with van der Waals surface area (Å²) in [6, 6.07) is 0.545. The number of nitrogens with zero attached hydrogens (tertiary/aromatic N) is 5. The first-order valence-electron chi connectivity index (χ1n) is 9.09. The molecule has 0 aromatic carbocycles. The summed E-state index contributed by atoms with van der Waals surface area (Å²) in [4.78, 5) is 0. The second kappa shape index (κ2) is 6.75. The highest BCUT2D eigenvalue weighted by molar-refractivity contribution is 8.01. The molecule has 0 N–H and O–H groups in total. The maximum atomic E-state index is 5.00. The Bertz CT molecular complexity index is 752. The van der Waals surface area contributed by atoms with Gasteiger partial charge >= 0.3 is 0 Å². The van der Waals surface area contributed by atoms with Crippen molar-refractivity contribution in [2.24, 2.45) is 0 Å². The molecule has 0 saturated heterocycles. The number of hydrogen-bond acceptors (Lipinski definition) is 4. The van der Waals surface area contributed by atoms with Crippen molar-refractivity contribution in [1.29, 1.82) is 0 Å². The molecular formula is C18H25N5S. The molecule has 2 aromatic rings. The Kier molecular flexibility index (Phi) is 4.48. The highest BCUT2D eigenvalue weighted by Gasteiger charge is 2.31. The zero-order valence-electron chi connectivity index (χ0n) is 14.5. The molecule has 3 heterocycles. The van der Waals surface area contributed by atoms with Crippen LogP contribution in [0, 0.1) is 0 Å². The minimum atomic E-state index is 0.545. The first kappa shape index (κ1) is 15.9. The summed E-state index contributed by atoms with van der Waals surface area (Å²) in [7, 11) is 0. The molecule has 1 saturated carbocycles. The van der Waals surface area contributed by atoms with E-state index in [4.69, 9.17) is 5.10 Å². The number of rotatable bonds is 5. The van der Waals surface area contributed by atoms with Gasteiger partial charge in [0, 0.05) is 12.1 Å². The van der Waals surface area contributed by atoms with Gasteiger partial charge < -0.3 is 4.57 Å². The third-order valence-corrected chi connectivity index (χ3v) is 6.06. The van der Waals surface area contributed by atoms with Crippen LogP contribution in [-0.4, -0.2) is 24.5 Å². The highest BCUT2D eigenvalue weighted by atomic mass is 32.2. The molecule has 0 unspecified atom stereocenters. The SMILES string of the molecule is C/C=C\SCc1nnc2n1CCc1c(CC)nn(C3CCCC3)c1-2. The molecule has 0 atom stereocenters. The van der Waals surface area contributed by atoms with Crippen LogP contribution in [0.15, 0.2) is 11.5 Å². The van der Waals surface area contributed by atoms with Gasteiger partial charge in [-0.2, -0.15) is 5.10 Å². The van der Waals surface area contributed by atoms with E-state index >= 15 is 0 Å². The predicted molar refractivity (Wildman–Crippen MR) is 97.9 cm³/mol. The van der Waals surface area contributed by atoms with Crippen molar-refractivity contribution in [3.05, 3.63) is 28.6 Å². The van der Waals surface area contributed by atoms with Crippen molar-refractivity contribution in [2.75, 3.05) is 0 Å². The average Bonchev–Trinajstić information content (AvgIpc) is 3.32. The van der Waals surface area contributed by atoms with Crippen molar-refractivity contribution >= 4 is 11.8 Å². The van der Waals surface area contributed by atoms with Gasteiger partial charge in [0.15, 0.2) is 5.82 Å². The summed E-state index contributed by atoms with van der Waals surface area (Å²) in [6.07, 6.45) is 9.25. The van der Waals surface area contributed by atoms with Gasteiger partial charge in [0.2, 0.25) is 0 Å². The normalized spacial score (nSPS) is 17.6. The van der Waals surface area contributed by atoms with Gasteiger partial charge in [-0.1, -0.05) is 25.8 Å². The first-order chi connectivity index (χ1) is 11.8. The van der Waals surface area contributed by atoms with E-state index in [9.17, 15) is 0 Å². The van der Waals surface area contributed by atoms with E-state index in [0.717, 1.165) is 36.8 Å². The lowest BCUT2D eigenvalue weighted by Crippen LogP contribution is -2.17. The standard InChI is InChI=1S/C18H25N5S/c1-3-11-24-12-16-19-20-18-17-14(9-10-22(16)18)15(4-2)21-23(17)13-7-5-6-8-13/h3,11,13H,4-10,12H2,1-2H3/b11-3-. The van der Waals surface area contributed by atoms with Crippen LogP contribution >= 0.6 is 11.8 Å². The van der Waals surface area contributed by atoms with E-state index in [1.165, 1.54) is 42.6 Å². The minimum Gasteiger partial charge on any atom is -0.309 e. The summed E-state index contributed by atoms with van der Waals surface area (Å²) in [5, 5.41) is 16.2. The van der Waals surface area contributed by atoms with Crippen LogP contribution in [0.5, 0.6) is 0 Å². The molecule has 0 amide bonds. The summed E-state index contributed by atoms with van der Waals surface area (Å²) in [5.41, 5.74) is 3.92. The Morgan fingerprint density at radius 1 is 1.25 bits per heavy atom. The molecule has 2 aliphatic rings. The van der Waals surface area contributed by atoms with E-state index < -0.39 is 0 Å². The molecule has 1 aliphatic carbocycles. The summed E-state index contributed by atoms with van der Waals surface area (Å²) < 4.78 is 4.61. The van der Waals surface area contributed by atoms with E-state index in [0.29, 0.717) is 6.04 Å². The third-order valence-electron chi connectivity index (χ3n) is 5.17. The molecule has 4 rings (SSSR count). The second-order valence-electron chi connectivity index (χ2n) is 6.63. The highest BCUT2D eigenvalue weighted by Crippen LogP contribution is 2.38. The summed E-state index contributed by atoms with van der Waals surface area (Å²) >= 11 is 1.78. The molecule has 0 radical (unpaired) electrons. The van der Waals surface area contributed by atoms with Crippen LogP contribution in [-0.2, 0) is 25.1 Å². The number of aryl methyl sites for hydroxylation is 1. The van der Waals surface area contributed by atoms with Crippen molar-refractivity contribution in [3.63, 3.8) is 0 Å². The van der Waals surface area contributed by atoms with Crippen LogP contribution in [0.1, 0.15) is 62.7 Å². The molecular weight excluding hydrogens is 318 g/mol. The molecule has 1 fully saturated rings. The van der Waals surface area contributed by atoms with E-state index in [2.05, 4.69) is 37.9 Å². The fraction of sp³-hybridized carbons (Fsp3) is 0.611. The zero-order chi connectivity index (χ0) is 16.5. The number of aromatic nitrogens is 5. The van der Waals surface area contributed by atoms with Gasteiger partial charge in [-0.05, 0) is 38.0 Å². The third kappa shape index (κ3) is 2.61. The van der Waals surface area contributed by atoms with Gasteiger partial charge in [-0.3, -0.25) is 4.68 Å². The average molecular weight is 344 g/mol. The Labute approximate surface area is 147 Å². The maximum absolute atomic E-state index is 5.00. The van der Waals surface area contributed by atoms with Gasteiger partial charge in [-0.15, -0.1) is 22.0 Å². The van der Waals surface area contributed by atoms with Crippen LogP contribution < -0.4 is 0 Å². The fourth-order valence-electron chi connectivity index (χ4n) is 4.01. The number of fused-ring (bicyclic) bond motifs is 3. The minimum absolute atomic E-state index is 0.545. The van der Waals surface area contributed by atoms with Crippen LogP contribution in [0.4, 0.5) is 0 Å². The van der Waals surface area contributed by atoms with E-state index in [1.54, 1.807) is 11.8 Å². The van der Waals surface area contributed by atoms with Gasteiger partial charge in [0.05, 0.1) is 17.5 Å². The van der Waals surface area contributed by atoms with Crippen molar-refractivity contribution in [1.82, 2.24) is 24.5 Å². The number of allylic oxidation sites excluding steroid dienone is 1. The molecule has 2 aromatic heterocycles. The molecule has 0 spiro atoms. The zero-order valence-corrected chi connectivity index (χ0v) is 15.3. The van der Waals surface area contributed by atoms with Gasteiger partial charge in [0.1, 0.15) is 11.5 Å². The van der Waals surface area contributed by atoms with Crippen molar-refractivity contribution < 1.29 is 0 Å². The molecule has 5 nitrogen and oxygen atoms in total. The van der Waals surface area contributed by atoms with E-state index in [1.807, 2.05) is 6.92 Å². The Morgan fingerprint density at radius 2 is 2.08 bits per heavy atom. The lowest BCUT2D eigenvalue weighted by atomic mass is 10.0. The quantitative estimate of drug-likeness (QED) is 0.818. The first-order valence-corrected chi connectivity index (χ1v) is 10.1. The molecule has 1 aliphatic heterocycles. The lowest BCUT2D eigenvalue weighted by Gasteiger charge is -2.20. The topological polar surface area (TPSA) is 48.5 Å². The fourth-order valence-corrected chi connectivity index (χ4v) is 4.66. The molecule has 6 heteroatoms. The Morgan fingerprint density at radius 3 is 2.83 bits per heavy atom. The largest absolute Gasteiger partial charge is 0.309 e. The monoisotopic (exact) mass is 343 g/mol. The molecule has 0 bridgehead atoms. The summed E-state index contributed by atoms with van der Waals surface area (Å²) in [5.74, 6) is 2.99. The van der Waals surface area contributed by atoms with Crippen LogP contribution in [0.2, 0.25) is 0 Å². The van der Waals surface area contributed by atoms with Crippen LogP contribution in [0.25, 0.3) is 11.5 Å². The maximum Gasteiger partial charge on any atom is 0.182 e. The second-order valence-corrected chi connectivity index (χ2v) is 7.53. The lowest BCUT2D eigenvalue weighted by molar-refractivity contribution is 0.464. The van der Waals surface area contributed by atoms with E-state index in [-0.39, 0.29) is 0 Å². The predicted octanol–water partition coefficient (Wildman–Crippen LogP) is 4.14. The smallest absolute Gasteiger partial charge is 0.182 e. The van der Waals surface area contributed by atoms with Gasteiger partial charge in [-0.25, -0.2) is 0 Å². The molecule has 128 valence electrons. The van der Waals surface area contributed by atoms with Crippen molar-refractivity contribution in [3.8, 4) is 11.5 Å².